The van der Waals surface area contributed by atoms with Crippen LogP contribution in [-0.4, -0.2) is 29.9 Å². The third kappa shape index (κ3) is 4.50. The number of carbonyl (C=O) groups excluding carboxylic acids is 2. The Morgan fingerprint density at radius 1 is 1.36 bits per heavy atom. The van der Waals surface area contributed by atoms with Crippen LogP contribution in [0.2, 0.25) is 0 Å². The zero-order chi connectivity index (χ0) is 18.6. The highest BCUT2D eigenvalue weighted by molar-refractivity contribution is 7.10. The maximum absolute atomic E-state index is 13.7. The second kappa shape index (κ2) is 8.02. The van der Waals surface area contributed by atoms with Crippen molar-refractivity contribution in [2.75, 3.05) is 19.0 Å². The van der Waals surface area contributed by atoms with Crippen molar-refractivity contribution >= 4 is 28.4 Å². The zero-order valence-corrected chi connectivity index (χ0v) is 14.7. The van der Waals surface area contributed by atoms with E-state index in [4.69, 9.17) is 4.74 Å². The number of aryl methyl sites for hydroxylation is 1. The van der Waals surface area contributed by atoms with Crippen molar-refractivity contribution < 1.29 is 23.1 Å². The van der Waals surface area contributed by atoms with Gasteiger partial charge in [0.15, 0.2) is 6.61 Å². The summed E-state index contributed by atoms with van der Waals surface area (Å²) in [5.74, 6) is -2.74. The van der Waals surface area contributed by atoms with Crippen molar-refractivity contribution in [3.8, 4) is 0 Å². The van der Waals surface area contributed by atoms with Gasteiger partial charge in [0.1, 0.15) is 22.2 Å². The molecule has 0 fully saturated rings. The van der Waals surface area contributed by atoms with Gasteiger partial charge in [-0.3, -0.25) is 4.79 Å². The first-order chi connectivity index (χ1) is 11.8. The molecule has 0 bridgehead atoms. The standard InChI is InChI=1S/C16H17F2N3O3S/c1-8(11-5-4-10(17)6-12(11)18)20-13(22)7-24-16(23)14-9(2)21-25-15(14)19-3/h4-6,8,19H,7H2,1-3H3,(H,20,22). The lowest BCUT2D eigenvalue weighted by Crippen LogP contribution is -2.31. The molecule has 134 valence electrons. The first-order valence-electron chi connectivity index (χ1n) is 7.39. The van der Waals surface area contributed by atoms with Crippen LogP contribution < -0.4 is 10.6 Å². The molecule has 1 aromatic carbocycles. The number of esters is 1. The average molecular weight is 369 g/mol. The molecule has 9 heteroatoms. The Labute approximate surface area is 147 Å². The molecule has 1 amide bonds. The summed E-state index contributed by atoms with van der Waals surface area (Å²) in [6, 6.07) is 2.39. The molecule has 1 aromatic heterocycles. The van der Waals surface area contributed by atoms with Gasteiger partial charge in [0.25, 0.3) is 5.91 Å². The highest BCUT2D eigenvalue weighted by Crippen LogP contribution is 2.24. The minimum absolute atomic E-state index is 0.136. The molecular formula is C16H17F2N3O3S. The van der Waals surface area contributed by atoms with Gasteiger partial charge in [-0.25, -0.2) is 13.6 Å². The van der Waals surface area contributed by atoms with Crippen molar-refractivity contribution in [2.45, 2.75) is 19.9 Å². The Kier molecular flexibility index (Phi) is 6.02. The Bertz CT molecular complexity index is 795. The SMILES string of the molecule is CNc1snc(C)c1C(=O)OCC(=O)NC(C)c1ccc(F)cc1F. The number of nitrogens with one attached hydrogen (secondary N) is 2. The minimum Gasteiger partial charge on any atom is -0.452 e. The molecule has 1 unspecified atom stereocenters. The van der Waals surface area contributed by atoms with Crippen LogP contribution in [0.3, 0.4) is 0 Å². The molecule has 2 aromatic rings. The van der Waals surface area contributed by atoms with Gasteiger partial charge >= 0.3 is 5.97 Å². The van der Waals surface area contributed by atoms with Crippen molar-refractivity contribution in [3.63, 3.8) is 0 Å². The number of nitrogens with zero attached hydrogens (tertiary/aromatic N) is 1. The summed E-state index contributed by atoms with van der Waals surface area (Å²) >= 11 is 1.11. The van der Waals surface area contributed by atoms with Gasteiger partial charge in [0.2, 0.25) is 0 Å². The molecule has 0 spiro atoms. The second-order valence-corrected chi connectivity index (χ2v) is 6.03. The first kappa shape index (κ1) is 18.8. The van der Waals surface area contributed by atoms with Crippen LogP contribution in [0.15, 0.2) is 18.2 Å². The maximum atomic E-state index is 13.7. The van der Waals surface area contributed by atoms with E-state index in [1.165, 1.54) is 6.07 Å². The van der Waals surface area contributed by atoms with E-state index in [0.717, 1.165) is 23.7 Å². The summed E-state index contributed by atoms with van der Waals surface area (Å²) in [5.41, 5.74) is 0.913. The molecular weight excluding hydrogens is 352 g/mol. The van der Waals surface area contributed by atoms with E-state index in [-0.39, 0.29) is 11.1 Å². The lowest BCUT2D eigenvalue weighted by atomic mass is 10.1. The normalized spacial score (nSPS) is 11.7. The number of aromatic nitrogens is 1. The number of hydrogen-bond acceptors (Lipinski definition) is 6. The maximum Gasteiger partial charge on any atom is 0.343 e. The van der Waals surface area contributed by atoms with E-state index in [0.29, 0.717) is 10.7 Å². The molecule has 6 nitrogen and oxygen atoms in total. The number of hydrogen-bond donors (Lipinski definition) is 2. The Morgan fingerprint density at radius 2 is 2.08 bits per heavy atom. The molecule has 0 aliphatic carbocycles. The predicted octanol–water partition coefficient (Wildman–Crippen LogP) is 2.81. The minimum atomic E-state index is -0.761. The number of carbonyl (C=O) groups is 2. The number of anilines is 1. The first-order valence-corrected chi connectivity index (χ1v) is 8.16. The Balaban J connectivity index is 1.94. The summed E-state index contributed by atoms with van der Waals surface area (Å²) in [4.78, 5) is 24.0. The molecule has 25 heavy (non-hydrogen) atoms. The molecule has 0 radical (unpaired) electrons. The summed E-state index contributed by atoms with van der Waals surface area (Å²) in [6.45, 7) is 2.68. The summed E-state index contributed by atoms with van der Waals surface area (Å²) < 4.78 is 35.6. The van der Waals surface area contributed by atoms with E-state index in [1.54, 1.807) is 20.9 Å². The zero-order valence-electron chi connectivity index (χ0n) is 13.9. The topological polar surface area (TPSA) is 80.3 Å². The van der Waals surface area contributed by atoms with Gasteiger partial charge in [0.05, 0.1) is 11.7 Å². The number of halogens is 2. The summed E-state index contributed by atoms with van der Waals surface area (Å²) in [6.07, 6.45) is 0. The average Bonchev–Trinajstić information content (AvgIpc) is 2.93. The highest BCUT2D eigenvalue weighted by Gasteiger charge is 2.21. The molecule has 0 aliphatic rings. The predicted molar refractivity (Wildman–Crippen MR) is 89.6 cm³/mol. The van der Waals surface area contributed by atoms with E-state index in [1.807, 2.05) is 0 Å². The summed E-state index contributed by atoms with van der Waals surface area (Å²) in [7, 11) is 1.65. The highest BCUT2D eigenvalue weighted by atomic mass is 32.1. The summed E-state index contributed by atoms with van der Waals surface area (Å²) in [5, 5.41) is 5.87. The van der Waals surface area contributed by atoms with E-state index >= 15 is 0 Å². The molecule has 0 saturated heterocycles. The second-order valence-electron chi connectivity index (χ2n) is 5.25. The number of rotatable bonds is 6. The van der Waals surface area contributed by atoms with Gasteiger partial charge in [-0.05, 0) is 31.4 Å². The van der Waals surface area contributed by atoms with E-state index < -0.39 is 36.2 Å². The van der Waals surface area contributed by atoms with Crippen LogP contribution in [0.1, 0.15) is 34.6 Å². The van der Waals surface area contributed by atoms with Crippen LogP contribution in [0, 0.1) is 18.6 Å². The fourth-order valence-corrected chi connectivity index (χ4v) is 2.93. The van der Waals surface area contributed by atoms with Crippen molar-refractivity contribution in [2.24, 2.45) is 0 Å². The molecule has 2 N–H and O–H groups in total. The quantitative estimate of drug-likeness (QED) is 0.766. The Morgan fingerprint density at radius 3 is 2.72 bits per heavy atom. The van der Waals surface area contributed by atoms with Crippen molar-refractivity contribution in [1.82, 2.24) is 9.69 Å². The monoisotopic (exact) mass is 369 g/mol. The smallest absolute Gasteiger partial charge is 0.343 e. The van der Waals surface area contributed by atoms with E-state index in [9.17, 15) is 18.4 Å². The number of benzene rings is 1. The van der Waals surface area contributed by atoms with Crippen LogP contribution in [0.25, 0.3) is 0 Å². The van der Waals surface area contributed by atoms with Gasteiger partial charge in [-0.1, -0.05) is 6.07 Å². The Hall–Kier alpha value is -2.55. The number of ether oxygens (including phenoxy) is 1. The molecule has 0 saturated carbocycles. The van der Waals surface area contributed by atoms with Crippen LogP contribution in [0.4, 0.5) is 13.8 Å². The van der Waals surface area contributed by atoms with Crippen molar-refractivity contribution in [1.29, 1.82) is 0 Å². The van der Waals surface area contributed by atoms with Crippen LogP contribution >= 0.6 is 11.5 Å². The van der Waals surface area contributed by atoms with Gasteiger partial charge < -0.3 is 15.4 Å². The fraction of sp³-hybridized carbons (Fsp3) is 0.312. The molecule has 0 aliphatic heterocycles. The molecule has 1 heterocycles. The molecule has 2 rings (SSSR count). The third-order valence-corrected chi connectivity index (χ3v) is 4.39. The van der Waals surface area contributed by atoms with E-state index in [2.05, 4.69) is 15.0 Å². The fourth-order valence-electron chi connectivity index (χ4n) is 2.20. The van der Waals surface area contributed by atoms with Gasteiger partial charge in [0, 0.05) is 18.7 Å². The van der Waals surface area contributed by atoms with Crippen LogP contribution in [-0.2, 0) is 9.53 Å². The lowest BCUT2D eigenvalue weighted by Gasteiger charge is -2.15. The number of amides is 1. The van der Waals surface area contributed by atoms with Gasteiger partial charge in [-0.15, -0.1) is 0 Å². The third-order valence-electron chi connectivity index (χ3n) is 3.43. The lowest BCUT2D eigenvalue weighted by molar-refractivity contribution is -0.124. The van der Waals surface area contributed by atoms with Gasteiger partial charge in [-0.2, -0.15) is 4.37 Å². The van der Waals surface area contributed by atoms with Crippen molar-refractivity contribution in [3.05, 3.63) is 46.7 Å². The molecule has 1 atom stereocenters. The van der Waals surface area contributed by atoms with Crippen LogP contribution in [0.5, 0.6) is 0 Å². The largest absolute Gasteiger partial charge is 0.452 e.